The number of phenols is 3. The number of carbonyl (C=O) groups is 1. The first-order chi connectivity index (χ1) is 14.9. The van der Waals surface area contributed by atoms with E-state index < -0.39 is 17.5 Å². The second kappa shape index (κ2) is 6.53. The smallest absolute Gasteiger partial charge is 0.336 e. The summed E-state index contributed by atoms with van der Waals surface area (Å²) in [6.07, 6.45) is 0. The lowest BCUT2D eigenvalue weighted by Gasteiger charge is -2.24. The molecule has 0 fully saturated rings. The number of benzene rings is 4. The van der Waals surface area contributed by atoms with Crippen molar-refractivity contribution in [3.05, 3.63) is 87.8 Å². The number of hydrogen-bond donors (Lipinski definition) is 4. The van der Waals surface area contributed by atoms with Crippen LogP contribution in [0.4, 0.5) is 0 Å². The van der Waals surface area contributed by atoms with E-state index >= 15 is 0 Å². The maximum atomic E-state index is 12.4. The molecule has 0 unspecified atom stereocenters. The highest BCUT2D eigenvalue weighted by atomic mass is 16.5. The van der Waals surface area contributed by atoms with Crippen LogP contribution >= 0.6 is 0 Å². The van der Waals surface area contributed by atoms with Gasteiger partial charge in [-0.05, 0) is 34.5 Å². The Morgan fingerprint density at radius 3 is 2.32 bits per heavy atom. The number of aromatic hydroxyl groups is 3. The van der Waals surface area contributed by atoms with Crippen LogP contribution in [0.3, 0.4) is 0 Å². The second-order valence-electron chi connectivity index (χ2n) is 7.25. The van der Waals surface area contributed by atoms with Crippen molar-refractivity contribution in [1.82, 2.24) is 0 Å². The fraction of sp³-hybridized carbons (Fsp3) is 0. The molecule has 0 aliphatic carbocycles. The molecule has 4 aromatic rings. The highest BCUT2D eigenvalue weighted by molar-refractivity contribution is 6.09. The number of ether oxygens (including phenoxy) is 1. The van der Waals surface area contributed by atoms with Gasteiger partial charge in [-0.15, -0.1) is 0 Å². The van der Waals surface area contributed by atoms with Crippen LogP contribution < -0.4 is 15.2 Å². The van der Waals surface area contributed by atoms with Crippen molar-refractivity contribution in [3.63, 3.8) is 0 Å². The maximum absolute atomic E-state index is 12.4. The zero-order chi connectivity index (χ0) is 21.9. The number of phenolic OH excluding ortho intramolecular Hbond substituents is 3. The lowest BCUT2D eigenvalue weighted by Crippen LogP contribution is -2.21. The van der Waals surface area contributed by atoms with E-state index in [0.717, 1.165) is 5.39 Å². The monoisotopic (exact) mass is 412 g/mol. The Morgan fingerprint density at radius 2 is 1.55 bits per heavy atom. The third-order valence-electron chi connectivity index (χ3n) is 5.48. The number of aromatic carboxylic acids is 1. The summed E-state index contributed by atoms with van der Waals surface area (Å²) in [7, 11) is 0. The van der Waals surface area contributed by atoms with Crippen molar-refractivity contribution in [2.24, 2.45) is 0 Å². The summed E-state index contributed by atoms with van der Waals surface area (Å²) < 4.78 is 5.77. The zero-order valence-electron chi connectivity index (χ0n) is 16.1. The van der Waals surface area contributed by atoms with Gasteiger partial charge in [0, 0.05) is 21.6 Å². The Morgan fingerprint density at radius 1 is 0.806 bits per heavy atom. The zero-order valence-corrected chi connectivity index (χ0v) is 16.1. The first kappa shape index (κ1) is 18.6. The van der Waals surface area contributed by atoms with Gasteiger partial charge in [-0.25, -0.2) is 4.79 Å². The van der Waals surface area contributed by atoms with Crippen molar-refractivity contribution >= 4 is 28.9 Å². The van der Waals surface area contributed by atoms with Crippen molar-refractivity contribution < 1.29 is 30.0 Å². The van der Waals surface area contributed by atoms with Gasteiger partial charge in [-0.3, -0.25) is 0 Å². The van der Waals surface area contributed by atoms with E-state index in [2.05, 4.69) is 6.58 Å². The molecule has 0 amide bonds. The van der Waals surface area contributed by atoms with Gasteiger partial charge in [0.1, 0.15) is 0 Å². The third kappa shape index (κ3) is 2.62. The van der Waals surface area contributed by atoms with Crippen LogP contribution in [0.5, 0.6) is 28.7 Å². The molecule has 1 aliphatic heterocycles. The lowest BCUT2D eigenvalue weighted by atomic mass is 9.87. The molecule has 0 spiro atoms. The summed E-state index contributed by atoms with van der Waals surface area (Å²) in [4.78, 5) is 12.4. The van der Waals surface area contributed by atoms with Crippen molar-refractivity contribution in [2.45, 2.75) is 0 Å². The second-order valence-corrected chi connectivity index (χ2v) is 7.25. The Labute approximate surface area is 175 Å². The quantitative estimate of drug-likeness (QED) is 0.331. The van der Waals surface area contributed by atoms with Crippen LogP contribution in [0.25, 0.3) is 22.9 Å². The summed E-state index contributed by atoms with van der Waals surface area (Å²) >= 11 is 0. The molecule has 1 heterocycles. The van der Waals surface area contributed by atoms with Gasteiger partial charge < -0.3 is 25.2 Å². The Bertz CT molecular complexity index is 1530. The molecule has 1 aliphatic rings. The molecule has 5 rings (SSSR count). The first-order valence-electron chi connectivity index (χ1n) is 9.42. The Kier molecular flexibility index (Phi) is 3.91. The molecule has 0 saturated carbocycles. The fourth-order valence-corrected chi connectivity index (χ4v) is 4.02. The summed E-state index contributed by atoms with van der Waals surface area (Å²) in [5.74, 6) is -2.31. The van der Waals surface area contributed by atoms with Crippen LogP contribution in [0, 0.1) is 0 Å². The molecule has 31 heavy (non-hydrogen) atoms. The van der Waals surface area contributed by atoms with Gasteiger partial charge in [0.25, 0.3) is 0 Å². The van der Waals surface area contributed by atoms with Crippen LogP contribution in [-0.2, 0) is 0 Å². The fourth-order valence-electron chi connectivity index (χ4n) is 4.02. The van der Waals surface area contributed by atoms with E-state index in [0.29, 0.717) is 32.5 Å². The van der Waals surface area contributed by atoms with Crippen LogP contribution in [0.2, 0.25) is 0 Å². The normalized spacial score (nSPS) is 12.2. The van der Waals surface area contributed by atoms with E-state index in [-0.39, 0.29) is 22.8 Å². The van der Waals surface area contributed by atoms with Crippen molar-refractivity contribution in [2.75, 3.05) is 0 Å². The molecule has 0 saturated heterocycles. The molecular formula is C25H16O6. The van der Waals surface area contributed by atoms with Crippen LogP contribution in [0.1, 0.15) is 21.5 Å². The molecule has 0 atom stereocenters. The highest BCUT2D eigenvalue weighted by Crippen LogP contribution is 2.47. The average Bonchev–Trinajstić information content (AvgIpc) is 2.77. The number of carboxylic acid groups (broad SMARTS) is 1. The molecule has 0 aromatic heterocycles. The van der Waals surface area contributed by atoms with Gasteiger partial charge in [-0.1, -0.05) is 49.0 Å². The number of carboxylic acids is 1. The summed E-state index contributed by atoms with van der Waals surface area (Å²) in [5, 5.41) is 43.2. The molecule has 0 bridgehead atoms. The Balaban J connectivity index is 2.01. The first-order valence-corrected chi connectivity index (χ1v) is 9.42. The minimum Gasteiger partial charge on any atom is -0.504 e. The van der Waals surface area contributed by atoms with Crippen LogP contribution in [-0.4, -0.2) is 26.4 Å². The molecule has 6 heteroatoms. The summed E-state index contributed by atoms with van der Waals surface area (Å²) in [6, 6.07) is 16.8. The van der Waals surface area contributed by atoms with E-state index in [1.165, 1.54) is 6.07 Å². The summed E-state index contributed by atoms with van der Waals surface area (Å²) in [6.45, 7) is 3.76. The van der Waals surface area contributed by atoms with E-state index in [1.54, 1.807) is 36.4 Å². The maximum Gasteiger partial charge on any atom is 0.336 e. The molecule has 6 nitrogen and oxygen atoms in total. The van der Waals surface area contributed by atoms with Crippen LogP contribution in [0.15, 0.2) is 60.7 Å². The molecule has 4 aromatic carbocycles. The van der Waals surface area contributed by atoms with E-state index in [4.69, 9.17) is 4.74 Å². The SMILES string of the molecule is C=c1ccc2c(c1O)Oc1c(ccc(O)c1O)C=2c1ccc2ccccc2c1C(=O)O. The Hall–Kier alpha value is -4.45. The van der Waals surface area contributed by atoms with E-state index in [1.807, 2.05) is 18.2 Å². The third-order valence-corrected chi connectivity index (χ3v) is 5.48. The predicted molar refractivity (Wildman–Crippen MR) is 115 cm³/mol. The number of rotatable bonds is 2. The lowest BCUT2D eigenvalue weighted by molar-refractivity contribution is 0.0698. The van der Waals surface area contributed by atoms with Crippen molar-refractivity contribution in [3.8, 4) is 28.7 Å². The summed E-state index contributed by atoms with van der Waals surface area (Å²) in [5.41, 5.74) is 1.30. The largest absolute Gasteiger partial charge is 0.504 e. The predicted octanol–water partition coefficient (Wildman–Crippen LogP) is 3.42. The number of hydrogen-bond acceptors (Lipinski definition) is 5. The number of fused-ring (bicyclic) bond motifs is 3. The van der Waals surface area contributed by atoms with E-state index in [9.17, 15) is 25.2 Å². The molecule has 4 N–H and O–H groups in total. The van der Waals surface area contributed by atoms with Gasteiger partial charge in [0.05, 0.1) is 5.56 Å². The van der Waals surface area contributed by atoms with Gasteiger partial charge in [0.15, 0.2) is 23.0 Å². The molecule has 0 radical (unpaired) electrons. The minimum atomic E-state index is -1.12. The van der Waals surface area contributed by atoms with Gasteiger partial charge in [-0.2, -0.15) is 0 Å². The topological polar surface area (TPSA) is 107 Å². The molecular weight excluding hydrogens is 396 g/mol. The van der Waals surface area contributed by atoms with Crippen molar-refractivity contribution in [1.29, 1.82) is 0 Å². The van der Waals surface area contributed by atoms with Gasteiger partial charge >= 0.3 is 5.97 Å². The minimum absolute atomic E-state index is 0.0281. The highest BCUT2D eigenvalue weighted by Gasteiger charge is 2.29. The average molecular weight is 412 g/mol. The molecule has 152 valence electrons. The van der Waals surface area contributed by atoms with Gasteiger partial charge in [0.2, 0.25) is 5.75 Å². The standard InChI is InChI=1S/C25H16O6/c1-12-6-8-16-19(15-9-7-13-4-2-3-5-14(13)20(15)25(29)30)17-10-11-18(26)22(28)24(17)31-23(16)21(12)27/h2-11,26-28H,1H2,(H,29,30).